The molecule has 1 unspecified atom stereocenters. The number of amides is 2. The van der Waals surface area contributed by atoms with Gasteiger partial charge in [0.15, 0.2) is 0 Å². The third kappa shape index (κ3) is 4.42. The number of hydrogen-bond acceptors (Lipinski definition) is 3. The van der Waals surface area contributed by atoms with Crippen molar-refractivity contribution in [2.45, 2.75) is 51.2 Å². The van der Waals surface area contributed by atoms with Gasteiger partial charge in [-0.2, -0.15) is 0 Å². The maximum Gasteiger partial charge on any atom is 0.259 e. The summed E-state index contributed by atoms with van der Waals surface area (Å²) in [6.45, 7) is 3.26. The molecule has 0 spiro atoms. The van der Waals surface area contributed by atoms with Crippen LogP contribution in [-0.2, 0) is 6.54 Å². The molecule has 3 fully saturated rings. The number of para-hydroxylation sites is 1. The van der Waals surface area contributed by atoms with Crippen LogP contribution in [0, 0.1) is 18.7 Å². The van der Waals surface area contributed by atoms with Gasteiger partial charge in [0.05, 0.1) is 10.6 Å². The maximum absolute atomic E-state index is 13.9. The minimum absolute atomic E-state index is 0.139. The molecule has 2 amide bonds. The number of hydrogen-bond donors (Lipinski definition) is 1. The van der Waals surface area contributed by atoms with Crippen LogP contribution in [0.4, 0.5) is 15.8 Å². The second kappa shape index (κ2) is 9.58. The Hall–Kier alpha value is -3.22. The molecule has 3 heterocycles. The number of rotatable bonds is 3. The number of halogens is 2. The van der Waals surface area contributed by atoms with E-state index in [1.54, 1.807) is 31.2 Å². The minimum Gasteiger partial charge on any atom is -0.322 e. The summed E-state index contributed by atoms with van der Waals surface area (Å²) in [5.41, 5.74) is 3.87. The zero-order valence-electron chi connectivity index (χ0n) is 20.7. The van der Waals surface area contributed by atoms with Crippen molar-refractivity contribution in [3.63, 3.8) is 0 Å². The van der Waals surface area contributed by atoms with Gasteiger partial charge in [0, 0.05) is 42.1 Å². The first-order chi connectivity index (χ1) is 17.9. The molecule has 3 aromatic carbocycles. The molecule has 1 saturated carbocycles. The van der Waals surface area contributed by atoms with Gasteiger partial charge in [-0.3, -0.25) is 14.5 Å². The largest absolute Gasteiger partial charge is 0.322 e. The number of fused-ring (bicyclic) bond motifs is 3. The second-order valence-electron chi connectivity index (χ2n) is 10.5. The highest BCUT2D eigenvalue weighted by Crippen LogP contribution is 2.44. The van der Waals surface area contributed by atoms with Crippen LogP contribution in [0.2, 0.25) is 5.02 Å². The summed E-state index contributed by atoms with van der Waals surface area (Å²) in [7, 11) is 0. The zero-order chi connectivity index (χ0) is 25.7. The lowest BCUT2D eigenvalue weighted by Crippen LogP contribution is -2.57. The van der Waals surface area contributed by atoms with Gasteiger partial charge in [0.1, 0.15) is 5.82 Å². The average molecular weight is 518 g/mol. The molecule has 1 atom stereocenters. The van der Waals surface area contributed by atoms with E-state index >= 15 is 0 Å². The van der Waals surface area contributed by atoms with Gasteiger partial charge in [0.25, 0.3) is 11.8 Å². The van der Waals surface area contributed by atoms with Crippen molar-refractivity contribution >= 4 is 34.8 Å². The number of carbonyl (C=O) groups is 2. The molecule has 0 radical (unpaired) electrons. The molecular weight excluding hydrogens is 489 g/mol. The first-order valence-corrected chi connectivity index (χ1v) is 13.3. The fourth-order valence-corrected chi connectivity index (χ4v) is 6.65. The molecule has 0 aromatic heterocycles. The summed E-state index contributed by atoms with van der Waals surface area (Å²) in [5, 5.41) is 3.04. The van der Waals surface area contributed by atoms with Crippen LogP contribution in [0.3, 0.4) is 0 Å². The van der Waals surface area contributed by atoms with E-state index < -0.39 is 11.7 Å². The first kappa shape index (κ1) is 24.1. The Morgan fingerprint density at radius 3 is 2.54 bits per heavy atom. The van der Waals surface area contributed by atoms with Crippen molar-refractivity contribution < 1.29 is 14.0 Å². The Morgan fingerprint density at radius 1 is 0.973 bits per heavy atom. The van der Waals surface area contributed by atoms with Crippen LogP contribution in [0.1, 0.15) is 57.5 Å². The van der Waals surface area contributed by atoms with E-state index in [1.807, 2.05) is 23.1 Å². The zero-order valence-corrected chi connectivity index (χ0v) is 21.5. The predicted molar refractivity (Wildman–Crippen MR) is 144 cm³/mol. The van der Waals surface area contributed by atoms with Crippen LogP contribution >= 0.6 is 11.6 Å². The third-order valence-electron chi connectivity index (χ3n) is 8.33. The Bertz CT molecular complexity index is 1380. The van der Waals surface area contributed by atoms with Gasteiger partial charge in [-0.1, -0.05) is 35.9 Å². The lowest BCUT2D eigenvalue weighted by molar-refractivity contribution is -0.0121. The van der Waals surface area contributed by atoms with Crippen molar-refractivity contribution in [1.82, 2.24) is 4.90 Å². The number of anilines is 2. The highest BCUT2D eigenvalue weighted by atomic mass is 35.5. The van der Waals surface area contributed by atoms with E-state index in [1.165, 1.54) is 37.8 Å². The van der Waals surface area contributed by atoms with Crippen molar-refractivity contribution in [3.05, 3.63) is 93.8 Å². The summed E-state index contributed by atoms with van der Waals surface area (Å²) < 4.78 is 13.7. The molecule has 7 rings (SSSR count). The highest BCUT2D eigenvalue weighted by molar-refractivity contribution is 6.35. The standard InChI is InChI=1S/C30H29ClFN3O2/c1-18-6-9-21(32)14-25(18)29(36)33-22-10-13-24(26(31)15-22)30(37)35-17-28-19-7-11-23(12-8-19)34(28)16-20-4-2-3-5-27(20)35/h2-6,9-10,13-15,19,23,28H,7-8,11-12,16-17H2,1H3,(H,33,36). The Morgan fingerprint density at radius 2 is 1.76 bits per heavy atom. The Labute approximate surface area is 221 Å². The number of carbonyl (C=O) groups excluding carboxylic acids is 2. The molecule has 5 nitrogen and oxygen atoms in total. The summed E-state index contributed by atoms with van der Waals surface area (Å²) in [6.07, 6.45) is 4.94. The second-order valence-corrected chi connectivity index (χ2v) is 10.9. The van der Waals surface area contributed by atoms with E-state index in [4.69, 9.17) is 11.6 Å². The third-order valence-corrected chi connectivity index (χ3v) is 8.64. The van der Waals surface area contributed by atoms with Gasteiger partial charge in [-0.05, 0) is 86.1 Å². The molecule has 2 saturated heterocycles. The monoisotopic (exact) mass is 517 g/mol. The normalized spacial score (nSPS) is 22.7. The quantitative estimate of drug-likeness (QED) is 0.435. The van der Waals surface area contributed by atoms with Crippen LogP contribution in [0.5, 0.6) is 0 Å². The van der Waals surface area contributed by atoms with Crippen LogP contribution in [0.25, 0.3) is 0 Å². The van der Waals surface area contributed by atoms with Crippen molar-refractivity contribution in [1.29, 1.82) is 0 Å². The van der Waals surface area contributed by atoms with Gasteiger partial charge in [-0.25, -0.2) is 4.39 Å². The van der Waals surface area contributed by atoms with Gasteiger partial charge < -0.3 is 10.2 Å². The molecule has 2 bridgehead atoms. The SMILES string of the molecule is Cc1ccc(F)cc1C(=O)Nc1ccc(C(=O)N2CC3C4CCC(CC4)N3Cc3ccccc32)c(Cl)c1. The topological polar surface area (TPSA) is 52.7 Å². The smallest absolute Gasteiger partial charge is 0.259 e. The van der Waals surface area contributed by atoms with E-state index in [0.717, 1.165) is 17.8 Å². The van der Waals surface area contributed by atoms with E-state index in [-0.39, 0.29) is 16.5 Å². The van der Waals surface area contributed by atoms with Crippen LogP contribution in [-0.4, -0.2) is 35.3 Å². The maximum atomic E-state index is 13.9. The molecule has 3 aromatic rings. The number of piperidine rings is 2. The fraction of sp³-hybridized carbons (Fsp3) is 0.333. The lowest BCUT2D eigenvalue weighted by Gasteiger charge is -2.51. The van der Waals surface area contributed by atoms with Gasteiger partial charge in [-0.15, -0.1) is 0 Å². The summed E-state index contributed by atoms with van der Waals surface area (Å²) >= 11 is 6.63. The van der Waals surface area contributed by atoms with Crippen LogP contribution in [0.15, 0.2) is 60.7 Å². The first-order valence-electron chi connectivity index (χ1n) is 12.9. The molecule has 37 heavy (non-hydrogen) atoms. The van der Waals surface area contributed by atoms with E-state index in [9.17, 15) is 14.0 Å². The van der Waals surface area contributed by atoms with E-state index in [2.05, 4.69) is 16.3 Å². The Balaban J connectivity index is 1.28. The summed E-state index contributed by atoms with van der Waals surface area (Å²) in [4.78, 5) is 31.2. The molecule has 4 aliphatic rings. The van der Waals surface area contributed by atoms with Crippen molar-refractivity contribution in [3.8, 4) is 0 Å². The number of benzene rings is 3. The number of aryl methyl sites for hydroxylation is 1. The molecule has 1 N–H and O–H groups in total. The van der Waals surface area contributed by atoms with Crippen LogP contribution < -0.4 is 10.2 Å². The lowest BCUT2D eigenvalue weighted by atomic mass is 9.74. The van der Waals surface area contributed by atoms with Crippen molar-refractivity contribution in [2.24, 2.45) is 5.92 Å². The Kier molecular flexibility index (Phi) is 6.25. The number of nitrogens with zero attached hydrogens (tertiary/aromatic N) is 2. The average Bonchev–Trinajstić information content (AvgIpc) is 3.09. The molecular formula is C30H29ClFN3O2. The van der Waals surface area contributed by atoms with Gasteiger partial charge >= 0.3 is 0 Å². The molecule has 1 aliphatic carbocycles. The summed E-state index contributed by atoms with van der Waals surface area (Å²) in [6, 6.07) is 18.1. The minimum atomic E-state index is -0.475. The van der Waals surface area contributed by atoms with E-state index in [0.29, 0.717) is 41.4 Å². The fourth-order valence-electron chi connectivity index (χ4n) is 6.39. The van der Waals surface area contributed by atoms with Gasteiger partial charge in [0.2, 0.25) is 0 Å². The molecule has 7 heteroatoms. The highest BCUT2D eigenvalue weighted by Gasteiger charge is 2.45. The number of nitrogens with one attached hydrogen (secondary N) is 1. The molecule has 190 valence electrons. The predicted octanol–water partition coefficient (Wildman–Crippen LogP) is 6.44. The van der Waals surface area contributed by atoms with Crippen molar-refractivity contribution in [2.75, 3.05) is 16.8 Å². The molecule has 3 aliphatic heterocycles. The summed E-state index contributed by atoms with van der Waals surface area (Å²) in [5.74, 6) is -0.438.